The number of urea groups is 1. The Kier molecular flexibility index (Phi) is 7.67. The molecule has 0 spiro atoms. The first-order chi connectivity index (χ1) is 13.1. The predicted octanol–water partition coefficient (Wildman–Crippen LogP) is 3.80. The number of esters is 1. The van der Waals surface area contributed by atoms with Crippen LogP contribution >= 0.6 is 0 Å². The third kappa shape index (κ3) is 6.71. The summed E-state index contributed by atoms with van der Waals surface area (Å²) in [5, 5.41) is 11.6. The number of benzene rings is 1. The lowest BCUT2D eigenvalue weighted by molar-refractivity contribution is -0.137. The molecule has 0 unspecified atom stereocenters. The zero-order valence-electron chi connectivity index (χ0n) is 15.1. The van der Waals surface area contributed by atoms with Crippen LogP contribution in [0.3, 0.4) is 0 Å². The van der Waals surface area contributed by atoms with Crippen LogP contribution in [0.2, 0.25) is 0 Å². The molecular formula is C20H21N3O4. The van der Waals surface area contributed by atoms with Crippen LogP contribution in [-0.4, -0.2) is 30.1 Å². The van der Waals surface area contributed by atoms with E-state index in [4.69, 9.17) is 14.4 Å². The molecule has 1 heterocycles. The van der Waals surface area contributed by atoms with E-state index in [-0.39, 0.29) is 19.0 Å². The van der Waals surface area contributed by atoms with Crippen molar-refractivity contribution in [3.63, 3.8) is 0 Å². The molecule has 1 aromatic heterocycles. The van der Waals surface area contributed by atoms with Crippen molar-refractivity contribution in [1.29, 1.82) is 5.26 Å². The Morgan fingerprint density at radius 1 is 1.30 bits per heavy atom. The summed E-state index contributed by atoms with van der Waals surface area (Å²) >= 11 is 0. The molecule has 0 fully saturated rings. The summed E-state index contributed by atoms with van der Waals surface area (Å²) in [6.07, 6.45) is 4.76. The quantitative estimate of drug-likeness (QED) is 0.565. The van der Waals surface area contributed by atoms with Gasteiger partial charge >= 0.3 is 12.0 Å². The minimum absolute atomic E-state index is 0.228. The molecule has 1 N–H and O–H groups in total. The van der Waals surface area contributed by atoms with E-state index < -0.39 is 5.97 Å². The monoisotopic (exact) mass is 367 g/mol. The Morgan fingerprint density at radius 2 is 2.07 bits per heavy atom. The highest BCUT2D eigenvalue weighted by Crippen LogP contribution is 2.13. The molecule has 0 bridgehead atoms. The highest BCUT2D eigenvalue weighted by molar-refractivity contribution is 5.90. The van der Waals surface area contributed by atoms with Crippen molar-refractivity contribution in [1.82, 2.24) is 4.90 Å². The van der Waals surface area contributed by atoms with Crippen molar-refractivity contribution in [2.75, 3.05) is 18.5 Å². The Labute approximate surface area is 157 Å². The Hall–Kier alpha value is -3.53. The van der Waals surface area contributed by atoms with Gasteiger partial charge in [0.25, 0.3) is 0 Å². The summed E-state index contributed by atoms with van der Waals surface area (Å²) < 4.78 is 10.1. The third-order valence-corrected chi connectivity index (χ3v) is 3.57. The average molecular weight is 367 g/mol. The number of nitrogens with one attached hydrogen (secondary N) is 1. The van der Waals surface area contributed by atoms with Gasteiger partial charge in [-0.25, -0.2) is 9.59 Å². The minimum Gasteiger partial charge on any atom is -0.467 e. The minimum atomic E-state index is -0.402. The second kappa shape index (κ2) is 10.5. The number of ether oxygens (including phenoxy) is 1. The lowest BCUT2D eigenvalue weighted by Gasteiger charge is -2.21. The van der Waals surface area contributed by atoms with E-state index in [9.17, 15) is 9.59 Å². The number of nitriles is 1. The number of hydrogen-bond donors (Lipinski definition) is 1. The first-order valence-corrected chi connectivity index (χ1v) is 8.52. The normalized spacial score (nSPS) is 10.4. The fourth-order valence-electron chi connectivity index (χ4n) is 2.26. The SMILES string of the molecule is CCOC(=O)C=Cc1ccc(NC(=O)N(CCC#N)Cc2ccco2)cc1. The molecule has 1 aromatic carbocycles. The van der Waals surface area contributed by atoms with Gasteiger partial charge in [-0.2, -0.15) is 5.26 Å². The van der Waals surface area contributed by atoms with E-state index in [0.29, 0.717) is 24.6 Å². The fraction of sp³-hybridized carbons (Fsp3) is 0.250. The standard InChI is InChI=1S/C20H21N3O4/c1-2-26-19(24)11-8-16-6-9-17(10-7-16)22-20(25)23(13-4-12-21)15-18-5-3-14-27-18/h3,5-11,14H,2,4,13,15H2,1H3,(H,22,25). The van der Waals surface area contributed by atoms with Gasteiger partial charge in [0.1, 0.15) is 5.76 Å². The number of amides is 2. The molecule has 0 atom stereocenters. The lowest BCUT2D eigenvalue weighted by atomic mass is 10.2. The van der Waals surface area contributed by atoms with E-state index in [1.807, 2.05) is 6.07 Å². The fourth-order valence-corrected chi connectivity index (χ4v) is 2.26. The second-order valence-corrected chi connectivity index (χ2v) is 5.55. The van der Waals surface area contributed by atoms with E-state index in [0.717, 1.165) is 5.56 Å². The number of carbonyl (C=O) groups excluding carboxylic acids is 2. The van der Waals surface area contributed by atoms with Gasteiger partial charge in [-0.05, 0) is 42.8 Å². The van der Waals surface area contributed by atoms with E-state index in [2.05, 4.69) is 5.32 Å². The van der Waals surface area contributed by atoms with Gasteiger partial charge in [-0.15, -0.1) is 0 Å². The van der Waals surface area contributed by atoms with Crippen LogP contribution in [-0.2, 0) is 16.1 Å². The highest BCUT2D eigenvalue weighted by atomic mass is 16.5. The van der Waals surface area contributed by atoms with Crippen LogP contribution in [0.4, 0.5) is 10.5 Å². The summed E-state index contributed by atoms with van der Waals surface area (Å²) in [4.78, 5) is 25.3. The molecule has 0 aliphatic rings. The van der Waals surface area contributed by atoms with Crippen LogP contribution in [0.1, 0.15) is 24.7 Å². The van der Waals surface area contributed by atoms with Crippen LogP contribution in [0.5, 0.6) is 0 Å². The molecule has 7 nitrogen and oxygen atoms in total. The van der Waals surface area contributed by atoms with Crippen molar-refractivity contribution < 1.29 is 18.7 Å². The van der Waals surface area contributed by atoms with Crippen LogP contribution in [0.25, 0.3) is 6.08 Å². The van der Waals surface area contributed by atoms with E-state index in [1.165, 1.54) is 17.2 Å². The topological polar surface area (TPSA) is 95.6 Å². The number of carbonyl (C=O) groups is 2. The van der Waals surface area contributed by atoms with Gasteiger partial charge < -0.3 is 19.4 Å². The van der Waals surface area contributed by atoms with Gasteiger partial charge in [0.2, 0.25) is 0 Å². The Balaban J connectivity index is 1.97. The van der Waals surface area contributed by atoms with Crippen molar-refractivity contribution in [2.45, 2.75) is 19.9 Å². The molecule has 0 aliphatic carbocycles. The largest absolute Gasteiger partial charge is 0.467 e. The molecule has 27 heavy (non-hydrogen) atoms. The first-order valence-electron chi connectivity index (χ1n) is 8.52. The van der Waals surface area contributed by atoms with Crippen molar-refractivity contribution in [3.05, 3.63) is 60.1 Å². The van der Waals surface area contributed by atoms with Crippen molar-refractivity contribution in [3.8, 4) is 6.07 Å². The van der Waals surface area contributed by atoms with Gasteiger partial charge in [0.15, 0.2) is 0 Å². The summed E-state index contributed by atoms with van der Waals surface area (Å²) in [5.41, 5.74) is 1.41. The van der Waals surface area contributed by atoms with Crippen molar-refractivity contribution in [2.24, 2.45) is 0 Å². The highest BCUT2D eigenvalue weighted by Gasteiger charge is 2.15. The molecule has 7 heteroatoms. The van der Waals surface area contributed by atoms with Crippen molar-refractivity contribution >= 4 is 23.8 Å². The van der Waals surface area contributed by atoms with Crippen LogP contribution in [0.15, 0.2) is 53.2 Å². The molecule has 0 radical (unpaired) electrons. The number of hydrogen-bond acceptors (Lipinski definition) is 5. The van der Waals surface area contributed by atoms with Gasteiger partial charge in [-0.3, -0.25) is 0 Å². The molecule has 0 saturated heterocycles. The van der Waals surface area contributed by atoms with Crippen LogP contribution in [0, 0.1) is 11.3 Å². The number of anilines is 1. The molecule has 2 amide bonds. The summed E-state index contributed by atoms with van der Waals surface area (Å²) in [7, 11) is 0. The Morgan fingerprint density at radius 3 is 2.70 bits per heavy atom. The van der Waals surface area contributed by atoms with Gasteiger partial charge in [-0.1, -0.05) is 12.1 Å². The molecule has 140 valence electrons. The predicted molar refractivity (Wildman–Crippen MR) is 100 cm³/mol. The number of rotatable bonds is 8. The maximum atomic E-state index is 12.5. The Bertz CT molecular complexity index is 805. The zero-order chi connectivity index (χ0) is 19.5. The molecule has 2 rings (SSSR count). The van der Waals surface area contributed by atoms with Gasteiger partial charge in [0.05, 0.1) is 31.9 Å². The smallest absolute Gasteiger partial charge is 0.330 e. The molecule has 2 aromatic rings. The average Bonchev–Trinajstić information content (AvgIpc) is 3.18. The number of furan rings is 1. The van der Waals surface area contributed by atoms with Crippen LogP contribution < -0.4 is 5.32 Å². The third-order valence-electron chi connectivity index (χ3n) is 3.57. The van der Waals surface area contributed by atoms with E-state index >= 15 is 0 Å². The lowest BCUT2D eigenvalue weighted by Crippen LogP contribution is -2.35. The first kappa shape index (κ1) is 19.8. The maximum Gasteiger partial charge on any atom is 0.330 e. The maximum absolute atomic E-state index is 12.5. The second-order valence-electron chi connectivity index (χ2n) is 5.55. The van der Waals surface area contributed by atoms with Gasteiger partial charge in [0, 0.05) is 18.3 Å². The zero-order valence-corrected chi connectivity index (χ0v) is 15.1. The summed E-state index contributed by atoms with van der Waals surface area (Å²) in [6, 6.07) is 12.3. The summed E-state index contributed by atoms with van der Waals surface area (Å²) in [6.45, 7) is 2.65. The molecule has 0 saturated carbocycles. The molecular weight excluding hydrogens is 346 g/mol. The number of nitrogens with zero attached hydrogens (tertiary/aromatic N) is 2. The van der Waals surface area contributed by atoms with E-state index in [1.54, 1.807) is 49.4 Å². The summed E-state index contributed by atoms with van der Waals surface area (Å²) in [5.74, 6) is 0.239. The molecule has 0 aliphatic heterocycles.